The van der Waals surface area contributed by atoms with Crippen molar-refractivity contribution in [1.29, 1.82) is 0 Å². The number of methoxy groups -OCH3 is 1. The summed E-state index contributed by atoms with van der Waals surface area (Å²) in [6.45, 7) is 1.71. The van der Waals surface area contributed by atoms with E-state index in [0.717, 1.165) is 0 Å². The number of aryl methyl sites for hydroxylation is 1. The van der Waals surface area contributed by atoms with Gasteiger partial charge in [-0.2, -0.15) is 0 Å². The van der Waals surface area contributed by atoms with E-state index >= 15 is 0 Å². The average Bonchev–Trinajstić information content (AvgIpc) is 2.42. The van der Waals surface area contributed by atoms with E-state index in [1.165, 1.54) is 19.2 Å². The maximum atomic E-state index is 12.5. The molecule has 0 fully saturated rings. The predicted molar refractivity (Wildman–Crippen MR) is 84.9 cm³/mol. The lowest BCUT2D eigenvalue weighted by Gasteiger charge is -2.13. The molecule has 0 spiro atoms. The largest absolute Gasteiger partial charge is 0.495 e. The van der Waals surface area contributed by atoms with Crippen molar-refractivity contribution in [3.05, 3.63) is 40.6 Å². The number of nitrogens with zero attached hydrogens (tertiary/aromatic N) is 1. The number of ether oxygens (including phenoxy) is 1. The molecule has 1 heterocycles. The van der Waals surface area contributed by atoms with Gasteiger partial charge in [0.15, 0.2) is 0 Å². The van der Waals surface area contributed by atoms with Crippen LogP contribution >= 0.6 is 15.9 Å². The van der Waals surface area contributed by atoms with Crippen LogP contribution in [-0.4, -0.2) is 20.5 Å². The quantitative estimate of drug-likeness (QED) is 0.635. The van der Waals surface area contributed by atoms with Gasteiger partial charge in [0.1, 0.15) is 15.2 Å². The van der Waals surface area contributed by atoms with E-state index in [2.05, 4.69) is 25.6 Å². The number of pyridine rings is 1. The maximum Gasteiger partial charge on any atom is 0.265 e. The summed E-state index contributed by atoms with van der Waals surface area (Å²) in [6, 6.07) is 7.72. The highest BCUT2D eigenvalue weighted by molar-refractivity contribution is 9.10. The van der Waals surface area contributed by atoms with Crippen LogP contribution in [0.3, 0.4) is 0 Å². The van der Waals surface area contributed by atoms with Gasteiger partial charge >= 0.3 is 0 Å². The third-order valence-electron chi connectivity index (χ3n) is 2.77. The molecule has 0 saturated heterocycles. The molecule has 1 aromatic carbocycles. The molecule has 0 atom stereocenters. The number of hydrogen-bond donors (Lipinski definition) is 2. The minimum Gasteiger partial charge on any atom is -0.495 e. The first-order chi connectivity index (χ1) is 9.83. The standard InChI is InChI=1S/C13H14BrN3O3S/c1-8-10(4-6-13(14)16-8)17-21(18,19)12-7-9(15)3-5-11(12)20-2/h3-7,17H,15H2,1-2H3. The second-order valence-electron chi connectivity index (χ2n) is 4.28. The Morgan fingerprint density at radius 3 is 2.62 bits per heavy atom. The second-order valence-corrected chi connectivity index (χ2v) is 6.75. The fourth-order valence-electron chi connectivity index (χ4n) is 1.74. The van der Waals surface area contributed by atoms with Gasteiger partial charge in [-0.1, -0.05) is 0 Å². The predicted octanol–water partition coefficient (Wildman–Crippen LogP) is 2.54. The summed E-state index contributed by atoms with van der Waals surface area (Å²) in [5.74, 6) is 0.222. The summed E-state index contributed by atoms with van der Waals surface area (Å²) >= 11 is 3.23. The van der Waals surface area contributed by atoms with Crippen LogP contribution in [0.2, 0.25) is 0 Å². The van der Waals surface area contributed by atoms with E-state index in [-0.39, 0.29) is 10.6 Å². The molecule has 21 heavy (non-hydrogen) atoms. The molecule has 0 bridgehead atoms. The van der Waals surface area contributed by atoms with E-state index in [1.807, 2.05) is 0 Å². The first-order valence-electron chi connectivity index (χ1n) is 5.93. The van der Waals surface area contributed by atoms with E-state index in [9.17, 15) is 8.42 Å². The Labute approximate surface area is 131 Å². The molecular weight excluding hydrogens is 358 g/mol. The van der Waals surface area contributed by atoms with Crippen molar-refractivity contribution >= 4 is 37.3 Å². The van der Waals surface area contributed by atoms with E-state index in [0.29, 0.717) is 21.7 Å². The monoisotopic (exact) mass is 371 g/mol. The zero-order valence-corrected chi connectivity index (χ0v) is 13.8. The summed E-state index contributed by atoms with van der Waals surface area (Å²) in [7, 11) is -2.42. The van der Waals surface area contributed by atoms with Gasteiger partial charge in [0.05, 0.1) is 18.5 Å². The number of nitrogens with two attached hydrogens (primary N) is 1. The van der Waals surface area contributed by atoms with Crippen molar-refractivity contribution in [2.45, 2.75) is 11.8 Å². The Hall–Kier alpha value is -1.80. The lowest BCUT2D eigenvalue weighted by atomic mass is 10.3. The molecule has 3 N–H and O–H groups in total. The SMILES string of the molecule is COc1ccc(N)cc1S(=O)(=O)Nc1ccc(Br)nc1C. The second kappa shape index (κ2) is 5.90. The van der Waals surface area contributed by atoms with Crippen LogP contribution in [-0.2, 0) is 10.0 Å². The topological polar surface area (TPSA) is 94.3 Å². The maximum absolute atomic E-state index is 12.5. The first-order valence-corrected chi connectivity index (χ1v) is 8.20. The van der Waals surface area contributed by atoms with Crippen LogP contribution in [0.25, 0.3) is 0 Å². The molecule has 1 aromatic heterocycles. The van der Waals surface area contributed by atoms with Crippen LogP contribution in [0.4, 0.5) is 11.4 Å². The van der Waals surface area contributed by atoms with Crippen molar-refractivity contribution in [2.24, 2.45) is 0 Å². The molecule has 0 saturated carbocycles. The number of anilines is 2. The molecular formula is C13H14BrN3O3S. The van der Waals surface area contributed by atoms with Crippen LogP contribution in [0.5, 0.6) is 5.75 Å². The zero-order valence-electron chi connectivity index (χ0n) is 11.4. The van der Waals surface area contributed by atoms with Gasteiger partial charge < -0.3 is 10.5 Å². The summed E-state index contributed by atoms with van der Waals surface area (Å²) < 4.78 is 33.2. The van der Waals surface area contributed by atoms with Gasteiger partial charge in [0, 0.05) is 5.69 Å². The molecule has 0 amide bonds. The fraction of sp³-hybridized carbons (Fsp3) is 0.154. The molecule has 2 aromatic rings. The molecule has 6 nitrogen and oxygen atoms in total. The Bertz CT molecular complexity index is 778. The fourth-order valence-corrected chi connectivity index (χ4v) is 3.46. The molecule has 0 radical (unpaired) electrons. The summed E-state index contributed by atoms with van der Waals surface area (Å²) in [5.41, 5.74) is 6.93. The zero-order chi connectivity index (χ0) is 15.6. The van der Waals surface area contributed by atoms with Gasteiger partial charge in [0.25, 0.3) is 10.0 Å². The number of sulfonamides is 1. The summed E-state index contributed by atoms with van der Waals surface area (Å²) in [5, 5.41) is 0. The van der Waals surface area contributed by atoms with Crippen molar-refractivity contribution in [3.63, 3.8) is 0 Å². The van der Waals surface area contributed by atoms with Gasteiger partial charge in [0.2, 0.25) is 0 Å². The molecule has 0 aliphatic rings. The van der Waals surface area contributed by atoms with Crippen molar-refractivity contribution in [2.75, 3.05) is 17.6 Å². The van der Waals surface area contributed by atoms with Crippen LogP contribution < -0.4 is 15.2 Å². The van der Waals surface area contributed by atoms with Crippen LogP contribution in [0, 0.1) is 6.92 Å². The third kappa shape index (κ3) is 3.45. The number of hydrogen-bond acceptors (Lipinski definition) is 5. The summed E-state index contributed by atoms with van der Waals surface area (Å²) in [6.07, 6.45) is 0. The minimum atomic E-state index is -3.82. The number of benzene rings is 1. The highest BCUT2D eigenvalue weighted by atomic mass is 79.9. The van der Waals surface area contributed by atoms with Crippen LogP contribution in [0.15, 0.2) is 39.8 Å². The van der Waals surface area contributed by atoms with Crippen LogP contribution in [0.1, 0.15) is 5.69 Å². The van der Waals surface area contributed by atoms with Crippen molar-refractivity contribution < 1.29 is 13.2 Å². The van der Waals surface area contributed by atoms with Gasteiger partial charge in [-0.25, -0.2) is 13.4 Å². The molecule has 0 unspecified atom stereocenters. The molecule has 112 valence electrons. The van der Waals surface area contributed by atoms with Gasteiger partial charge in [-0.3, -0.25) is 4.72 Å². The molecule has 8 heteroatoms. The number of halogens is 1. The highest BCUT2D eigenvalue weighted by Gasteiger charge is 2.21. The number of nitrogens with one attached hydrogen (secondary N) is 1. The molecule has 0 aliphatic carbocycles. The first kappa shape index (κ1) is 15.6. The third-order valence-corrected chi connectivity index (χ3v) is 4.60. The Morgan fingerprint density at radius 1 is 1.29 bits per heavy atom. The number of rotatable bonds is 4. The lowest BCUT2D eigenvalue weighted by molar-refractivity contribution is 0.403. The van der Waals surface area contributed by atoms with Crippen molar-refractivity contribution in [3.8, 4) is 5.75 Å². The van der Waals surface area contributed by atoms with Gasteiger partial charge in [-0.05, 0) is 53.2 Å². The van der Waals surface area contributed by atoms with Crippen molar-refractivity contribution in [1.82, 2.24) is 4.98 Å². The average molecular weight is 372 g/mol. The Kier molecular flexibility index (Phi) is 4.38. The smallest absolute Gasteiger partial charge is 0.265 e. The van der Waals surface area contributed by atoms with Gasteiger partial charge in [-0.15, -0.1) is 0 Å². The Balaban J connectivity index is 2.45. The van der Waals surface area contributed by atoms with E-state index in [1.54, 1.807) is 25.1 Å². The number of nitrogen functional groups attached to an aromatic ring is 1. The normalized spacial score (nSPS) is 11.2. The minimum absolute atomic E-state index is 0.0210. The molecule has 0 aliphatic heterocycles. The molecule has 2 rings (SSSR count). The Morgan fingerprint density at radius 2 is 2.00 bits per heavy atom. The lowest BCUT2D eigenvalue weighted by Crippen LogP contribution is -2.15. The highest BCUT2D eigenvalue weighted by Crippen LogP contribution is 2.28. The summed E-state index contributed by atoms with van der Waals surface area (Å²) in [4.78, 5) is 4.12. The van der Waals surface area contributed by atoms with E-state index in [4.69, 9.17) is 10.5 Å². The number of aromatic nitrogens is 1. The van der Waals surface area contributed by atoms with E-state index < -0.39 is 10.0 Å².